The fourth-order valence-corrected chi connectivity index (χ4v) is 3.24. The highest BCUT2D eigenvalue weighted by atomic mass is 16.5. The van der Waals surface area contributed by atoms with E-state index in [-0.39, 0.29) is 12.0 Å². The van der Waals surface area contributed by atoms with Crippen molar-refractivity contribution in [2.45, 2.75) is 32.3 Å². The van der Waals surface area contributed by atoms with E-state index in [0.29, 0.717) is 19.6 Å². The number of aliphatic imine (C=N–C) groups is 1. The van der Waals surface area contributed by atoms with E-state index in [1.54, 1.807) is 15.8 Å². The van der Waals surface area contributed by atoms with Crippen molar-refractivity contribution in [1.82, 2.24) is 20.0 Å². The molecule has 2 aliphatic heterocycles. The Morgan fingerprint density at radius 1 is 1.44 bits per heavy atom. The molecule has 0 radical (unpaired) electrons. The molecule has 3 rings (SSSR count). The van der Waals surface area contributed by atoms with Crippen molar-refractivity contribution in [3.8, 4) is 0 Å². The summed E-state index contributed by atoms with van der Waals surface area (Å²) in [4.78, 5) is 21.1. The summed E-state index contributed by atoms with van der Waals surface area (Å²) < 4.78 is 7.47. The van der Waals surface area contributed by atoms with Crippen LogP contribution in [0, 0.1) is 0 Å². The first-order valence-corrected chi connectivity index (χ1v) is 9.11. The van der Waals surface area contributed by atoms with E-state index in [0.717, 1.165) is 44.2 Å². The van der Waals surface area contributed by atoms with Gasteiger partial charge in [-0.25, -0.2) is 0 Å². The zero-order valence-corrected chi connectivity index (χ0v) is 15.1. The van der Waals surface area contributed by atoms with Crippen LogP contribution < -0.4 is 10.2 Å². The molecule has 1 unspecified atom stereocenters. The number of rotatable bonds is 4. The Hall–Kier alpha value is -2.09. The zero-order chi connectivity index (χ0) is 17.6. The van der Waals surface area contributed by atoms with E-state index in [1.165, 1.54) is 6.42 Å². The summed E-state index contributed by atoms with van der Waals surface area (Å²) in [7, 11) is 1.85. The molecular weight excluding hydrogens is 320 g/mol. The minimum absolute atomic E-state index is 0.0683. The van der Waals surface area contributed by atoms with E-state index in [1.807, 2.05) is 25.1 Å². The van der Waals surface area contributed by atoms with Crippen molar-refractivity contribution < 1.29 is 9.53 Å². The Morgan fingerprint density at radius 3 is 2.96 bits per heavy atom. The van der Waals surface area contributed by atoms with Crippen LogP contribution in [0.25, 0.3) is 0 Å². The number of piperazine rings is 1. The predicted octanol–water partition coefficient (Wildman–Crippen LogP) is 0.603. The van der Waals surface area contributed by atoms with Gasteiger partial charge >= 0.3 is 0 Å². The number of amides is 1. The van der Waals surface area contributed by atoms with Gasteiger partial charge in [-0.15, -0.1) is 0 Å². The number of hydrogen-bond donors (Lipinski definition) is 1. The van der Waals surface area contributed by atoms with Crippen LogP contribution in [-0.4, -0.2) is 72.0 Å². The lowest BCUT2D eigenvalue weighted by Gasteiger charge is -2.35. The second-order valence-corrected chi connectivity index (χ2v) is 6.52. The maximum absolute atomic E-state index is 12.6. The maximum Gasteiger partial charge on any atom is 0.246 e. The van der Waals surface area contributed by atoms with Gasteiger partial charge < -0.3 is 19.9 Å². The number of hydrogen-bond acceptors (Lipinski definition) is 4. The summed E-state index contributed by atoms with van der Waals surface area (Å²) >= 11 is 0. The molecule has 8 heteroatoms. The van der Waals surface area contributed by atoms with Gasteiger partial charge in [-0.2, -0.15) is 5.10 Å². The van der Waals surface area contributed by atoms with Crippen molar-refractivity contribution in [1.29, 1.82) is 0 Å². The van der Waals surface area contributed by atoms with Gasteiger partial charge in [0, 0.05) is 39.5 Å². The molecule has 1 atom stereocenters. The summed E-state index contributed by atoms with van der Waals surface area (Å²) in [6, 6.07) is 0. The number of ether oxygens (including phenoxy) is 1. The first-order valence-electron chi connectivity index (χ1n) is 9.11. The number of carbonyl (C=O) groups excluding carboxylic acids is 1. The van der Waals surface area contributed by atoms with Gasteiger partial charge in [-0.3, -0.25) is 14.5 Å². The average Bonchev–Trinajstić information content (AvgIpc) is 3.05. The Bertz CT molecular complexity index is 608. The molecule has 25 heavy (non-hydrogen) atoms. The molecule has 138 valence electrons. The third-order valence-corrected chi connectivity index (χ3v) is 4.58. The van der Waals surface area contributed by atoms with Crippen LogP contribution in [0.15, 0.2) is 17.4 Å². The van der Waals surface area contributed by atoms with Crippen molar-refractivity contribution in [3.63, 3.8) is 0 Å². The molecule has 0 aromatic carbocycles. The number of guanidine groups is 1. The molecule has 1 amide bonds. The number of nitrogens with one attached hydrogen (secondary N) is 1. The molecule has 0 bridgehead atoms. The molecule has 0 spiro atoms. The lowest BCUT2D eigenvalue weighted by Crippen LogP contribution is -2.55. The minimum atomic E-state index is 0.0683. The fourth-order valence-electron chi connectivity index (χ4n) is 3.24. The number of carbonyl (C=O) groups is 1. The van der Waals surface area contributed by atoms with Crippen molar-refractivity contribution in [2.24, 2.45) is 12.0 Å². The van der Waals surface area contributed by atoms with E-state index in [2.05, 4.69) is 10.4 Å². The Kier molecular flexibility index (Phi) is 5.91. The Balaban J connectivity index is 1.61. The molecule has 2 aliphatic rings. The second-order valence-electron chi connectivity index (χ2n) is 6.52. The fraction of sp³-hybridized carbons (Fsp3) is 0.706. The number of anilines is 1. The first-order chi connectivity index (χ1) is 12.2. The van der Waals surface area contributed by atoms with Gasteiger partial charge in [0.1, 0.15) is 6.54 Å². The number of aromatic nitrogens is 2. The topological polar surface area (TPSA) is 75.0 Å². The third kappa shape index (κ3) is 4.50. The Morgan fingerprint density at radius 2 is 2.32 bits per heavy atom. The van der Waals surface area contributed by atoms with E-state index < -0.39 is 0 Å². The summed E-state index contributed by atoms with van der Waals surface area (Å²) in [6.07, 6.45) is 7.22. The summed E-state index contributed by atoms with van der Waals surface area (Å²) in [5.41, 5.74) is 0.852. The van der Waals surface area contributed by atoms with Gasteiger partial charge in [-0.05, 0) is 26.2 Å². The molecular formula is C17H28N6O2. The predicted molar refractivity (Wildman–Crippen MR) is 96.7 cm³/mol. The molecule has 1 aromatic heterocycles. The standard InChI is InChI=1S/C17H28N6O2/c1-3-18-17(19-11-15-6-4-5-9-25-15)22-7-8-23(16(24)13-22)14-10-20-21(2)12-14/h10,12,15H,3-9,11,13H2,1-2H3,(H,18,19). The van der Waals surface area contributed by atoms with Crippen LogP contribution in [0.1, 0.15) is 26.2 Å². The molecule has 3 heterocycles. The van der Waals surface area contributed by atoms with Crippen LogP contribution in [0.4, 0.5) is 5.69 Å². The van der Waals surface area contributed by atoms with Crippen LogP contribution in [0.2, 0.25) is 0 Å². The van der Waals surface area contributed by atoms with Gasteiger partial charge in [0.25, 0.3) is 0 Å². The van der Waals surface area contributed by atoms with E-state index >= 15 is 0 Å². The molecule has 8 nitrogen and oxygen atoms in total. The molecule has 0 saturated carbocycles. The largest absolute Gasteiger partial charge is 0.376 e. The Labute approximate surface area is 148 Å². The zero-order valence-electron chi connectivity index (χ0n) is 15.1. The molecule has 1 N–H and O–H groups in total. The number of nitrogens with zero attached hydrogens (tertiary/aromatic N) is 5. The average molecular weight is 348 g/mol. The molecule has 2 saturated heterocycles. The maximum atomic E-state index is 12.6. The van der Waals surface area contributed by atoms with Crippen LogP contribution in [0.5, 0.6) is 0 Å². The quantitative estimate of drug-likeness (QED) is 0.637. The summed E-state index contributed by atoms with van der Waals surface area (Å²) in [6.45, 7) is 6.01. The highest BCUT2D eigenvalue weighted by Gasteiger charge is 2.27. The lowest BCUT2D eigenvalue weighted by atomic mass is 10.1. The normalized spacial score (nSPS) is 22.4. The van der Waals surface area contributed by atoms with E-state index in [9.17, 15) is 4.79 Å². The third-order valence-electron chi connectivity index (χ3n) is 4.58. The van der Waals surface area contributed by atoms with Crippen molar-refractivity contribution in [2.75, 3.05) is 44.2 Å². The molecule has 1 aromatic rings. The minimum Gasteiger partial charge on any atom is -0.376 e. The van der Waals surface area contributed by atoms with Crippen LogP contribution in [-0.2, 0) is 16.6 Å². The van der Waals surface area contributed by atoms with E-state index in [4.69, 9.17) is 9.73 Å². The number of aryl methyl sites for hydroxylation is 1. The monoisotopic (exact) mass is 348 g/mol. The van der Waals surface area contributed by atoms with Gasteiger partial charge in [0.05, 0.1) is 24.5 Å². The summed E-state index contributed by atoms with van der Waals surface area (Å²) in [5, 5.41) is 7.45. The van der Waals surface area contributed by atoms with Gasteiger partial charge in [-0.1, -0.05) is 0 Å². The second kappa shape index (κ2) is 8.33. The van der Waals surface area contributed by atoms with Crippen molar-refractivity contribution in [3.05, 3.63) is 12.4 Å². The smallest absolute Gasteiger partial charge is 0.246 e. The highest BCUT2D eigenvalue weighted by Crippen LogP contribution is 2.16. The highest BCUT2D eigenvalue weighted by molar-refractivity contribution is 5.98. The van der Waals surface area contributed by atoms with Crippen LogP contribution in [0.3, 0.4) is 0 Å². The summed E-state index contributed by atoms with van der Waals surface area (Å²) in [5.74, 6) is 0.870. The lowest BCUT2D eigenvalue weighted by molar-refractivity contribution is -0.120. The van der Waals surface area contributed by atoms with Gasteiger partial charge in [0.15, 0.2) is 5.96 Å². The van der Waals surface area contributed by atoms with Crippen LogP contribution >= 0.6 is 0 Å². The molecule has 0 aliphatic carbocycles. The SMILES string of the molecule is CCNC(=NCC1CCCCO1)N1CCN(c2cnn(C)c2)C(=O)C1. The first kappa shape index (κ1) is 17.7. The molecule has 2 fully saturated rings. The van der Waals surface area contributed by atoms with Gasteiger partial charge in [0.2, 0.25) is 5.91 Å². The van der Waals surface area contributed by atoms with Crippen molar-refractivity contribution >= 4 is 17.6 Å².